The Kier molecular flexibility index (Phi) is 13.2. The molecule has 4 aromatic rings. The summed E-state index contributed by atoms with van der Waals surface area (Å²) < 4.78 is 0. The van der Waals surface area contributed by atoms with Crippen LogP contribution in [0.15, 0.2) is 224 Å². The van der Waals surface area contributed by atoms with Crippen LogP contribution in [0.3, 0.4) is 0 Å². The number of benzene rings is 4. The van der Waals surface area contributed by atoms with Crippen molar-refractivity contribution < 1.29 is 0 Å². The molecule has 0 amide bonds. The molecule has 0 saturated heterocycles. The molecule has 0 atom stereocenters. The Bertz CT molecular complexity index is 2170. The second-order valence-electron chi connectivity index (χ2n) is 12.1. The van der Waals surface area contributed by atoms with Gasteiger partial charge in [0.2, 0.25) is 0 Å². The lowest BCUT2D eigenvalue weighted by molar-refractivity contribution is 1.10. The van der Waals surface area contributed by atoms with Gasteiger partial charge < -0.3 is 15.1 Å². The van der Waals surface area contributed by atoms with E-state index < -0.39 is 0 Å². The maximum Gasteiger partial charge on any atom is 0.0782 e. The van der Waals surface area contributed by atoms with Gasteiger partial charge in [0.1, 0.15) is 0 Å². The van der Waals surface area contributed by atoms with Crippen molar-refractivity contribution in [2.75, 3.05) is 21.7 Å². The normalized spacial score (nSPS) is 15.4. The summed E-state index contributed by atoms with van der Waals surface area (Å²) in [5, 5.41) is 3.73. The fraction of sp³-hybridized carbons (Fsp3) is 0.0816. The molecule has 1 N–H and O–H groups in total. The Hall–Kier alpha value is -6.65. The number of hydrogen-bond acceptors (Lipinski definition) is 4. The van der Waals surface area contributed by atoms with E-state index in [0.717, 1.165) is 73.4 Å². The Balaban J connectivity index is 1.72. The van der Waals surface area contributed by atoms with Crippen molar-refractivity contribution in [1.82, 2.24) is 0 Å². The van der Waals surface area contributed by atoms with E-state index in [1.807, 2.05) is 80.7 Å². The number of rotatable bonds is 12. The Morgan fingerprint density at radius 2 is 1.49 bits per heavy atom. The monoisotopic (exact) mass is 692 g/mol. The molecule has 0 fully saturated rings. The topological polar surface area (TPSA) is 30.9 Å². The van der Waals surface area contributed by atoms with Gasteiger partial charge in [-0.25, -0.2) is 0 Å². The minimum Gasteiger partial charge on any atom is -0.355 e. The predicted octanol–water partition coefficient (Wildman–Crippen LogP) is 13.0. The second-order valence-corrected chi connectivity index (χ2v) is 12.1. The lowest BCUT2D eigenvalue weighted by Crippen LogP contribution is -2.26. The predicted molar refractivity (Wildman–Crippen MR) is 232 cm³/mol. The van der Waals surface area contributed by atoms with Crippen LogP contribution in [0.1, 0.15) is 31.9 Å². The summed E-state index contributed by atoms with van der Waals surface area (Å²) in [5.74, 6) is 0. The number of para-hydroxylation sites is 2. The molecule has 4 heteroatoms. The van der Waals surface area contributed by atoms with E-state index in [1.54, 1.807) is 6.08 Å². The van der Waals surface area contributed by atoms with Gasteiger partial charge in [0.05, 0.1) is 17.1 Å². The summed E-state index contributed by atoms with van der Waals surface area (Å²) in [6, 6.07) is 33.6. The smallest absolute Gasteiger partial charge is 0.0782 e. The largest absolute Gasteiger partial charge is 0.355 e. The van der Waals surface area contributed by atoms with Crippen molar-refractivity contribution in [2.45, 2.75) is 20.8 Å². The van der Waals surface area contributed by atoms with Crippen molar-refractivity contribution in [1.29, 1.82) is 0 Å². The third-order valence-corrected chi connectivity index (χ3v) is 8.70. The molecule has 0 aromatic heterocycles. The molecule has 4 nitrogen and oxygen atoms in total. The fourth-order valence-corrected chi connectivity index (χ4v) is 6.16. The van der Waals surface area contributed by atoms with Crippen LogP contribution in [0.5, 0.6) is 0 Å². The minimum absolute atomic E-state index is 0.705. The Morgan fingerprint density at radius 1 is 0.774 bits per heavy atom. The maximum atomic E-state index is 4.84. The number of allylic oxidation sites excluding steroid dienone is 11. The van der Waals surface area contributed by atoms with Crippen LogP contribution in [-0.2, 0) is 0 Å². The average molecular weight is 693 g/mol. The summed E-state index contributed by atoms with van der Waals surface area (Å²) in [4.78, 5) is 9.18. The van der Waals surface area contributed by atoms with Gasteiger partial charge >= 0.3 is 0 Å². The molecule has 0 saturated carbocycles. The molecule has 0 spiro atoms. The molecule has 1 heterocycles. The van der Waals surface area contributed by atoms with Crippen LogP contribution < -0.4 is 15.1 Å². The van der Waals surface area contributed by atoms with Gasteiger partial charge in [-0.15, -0.1) is 0 Å². The molecule has 264 valence electrons. The van der Waals surface area contributed by atoms with Crippen LogP contribution >= 0.6 is 0 Å². The lowest BCUT2D eigenvalue weighted by Gasteiger charge is -2.36. The van der Waals surface area contributed by atoms with Crippen LogP contribution in [0.4, 0.5) is 22.7 Å². The first kappa shape index (κ1) is 37.6. The quantitative estimate of drug-likeness (QED) is 0.118. The number of aliphatic imine (C=N–C) groups is 1. The van der Waals surface area contributed by atoms with Gasteiger partial charge in [-0.1, -0.05) is 142 Å². The highest BCUT2D eigenvalue weighted by atomic mass is 15.2. The first-order valence-electron chi connectivity index (χ1n) is 17.9. The molecule has 0 aliphatic carbocycles. The number of nitrogens with one attached hydrogen (secondary N) is 1. The van der Waals surface area contributed by atoms with Gasteiger partial charge in [-0.3, -0.25) is 4.99 Å². The summed E-state index contributed by atoms with van der Waals surface area (Å²) in [6.07, 6.45) is 23.9. The van der Waals surface area contributed by atoms with Gasteiger partial charge in [-0.05, 0) is 74.9 Å². The van der Waals surface area contributed by atoms with E-state index in [1.165, 1.54) is 0 Å². The molecule has 0 bridgehead atoms. The van der Waals surface area contributed by atoms with Crippen molar-refractivity contribution >= 4 is 28.5 Å². The third kappa shape index (κ3) is 8.81. The number of nitrogens with zero attached hydrogens (tertiary/aromatic N) is 3. The maximum absolute atomic E-state index is 4.84. The molecule has 1 aliphatic rings. The van der Waals surface area contributed by atoms with E-state index in [9.17, 15) is 0 Å². The Labute approximate surface area is 316 Å². The molecule has 5 rings (SSSR count). The molecule has 53 heavy (non-hydrogen) atoms. The van der Waals surface area contributed by atoms with Crippen LogP contribution in [0, 0.1) is 0 Å². The van der Waals surface area contributed by atoms with E-state index in [2.05, 4.69) is 146 Å². The van der Waals surface area contributed by atoms with E-state index in [-0.39, 0.29) is 0 Å². The third-order valence-electron chi connectivity index (χ3n) is 8.70. The summed E-state index contributed by atoms with van der Waals surface area (Å²) >= 11 is 0. The molecular formula is C49H48N4. The van der Waals surface area contributed by atoms with Gasteiger partial charge in [0, 0.05) is 63.5 Å². The molecule has 0 radical (unpaired) electrons. The fourth-order valence-electron chi connectivity index (χ4n) is 6.16. The van der Waals surface area contributed by atoms with Crippen molar-refractivity contribution in [3.05, 3.63) is 230 Å². The molecular weight excluding hydrogens is 645 g/mol. The average Bonchev–Trinajstić information content (AvgIpc) is 3.19. The molecule has 4 aromatic carbocycles. The van der Waals surface area contributed by atoms with Crippen molar-refractivity contribution in [3.63, 3.8) is 0 Å². The van der Waals surface area contributed by atoms with Gasteiger partial charge in [0.25, 0.3) is 0 Å². The summed E-state index contributed by atoms with van der Waals surface area (Å²) in [7, 11) is 0. The SMILES string of the molecule is C=C/C=C\C(=C/C)N1/C=C\C=C/C(=C)C(=C)N(/C(C=C)=C/C=C\C)c2c(-c3ccccc3Nc3ccc(C(=NCC)c4ccccc4)cc3)cccc21. The van der Waals surface area contributed by atoms with E-state index in [0.29, 0.717) is 6.54 Å². The van der Waals surface area contributed by atoms with Gasteiger partial charge in [0.15, 0.2) is 0 Å². The summed E-state index contributed by atoms with van der Waals surface area (Å²) in [5.41, 5.74) is 12.3. The highest BCUT2D eigenvalue weighted by molar-refractivity contribution is 6.13. The zero-order valence-corrected chi connectivity index (χ0v) is 31.0. The highest BCUT2D eigenvalue weighted by Gasteiger charge is 2.26. The van der Waals surface area contributed by atoms with Gasteiger partial charge in [-0.2, -0.15) is 0 Å². The first-order valence-corrected chi connectivity index (χ1v) is 17.9. The minimum atomic E-state index is 0.705. The number of hydrogen-bond donors (Lipinski definition) is 1. The zero-order chi connectivity index (χ0) is 37.6. The standard InChI is InChI=1S/C49H48N4/c1-8-13-26-42(10-3)52-36-21-20-23-37(6)38(7)53(43(11-4)27-14-9-2)49-45(29-22-31-47(49)52)44-28-18-19-30-46(44)51-41-34-32-40(33-35-41)48(50-12-5)39-24-16-15-17-25-39/h8-11,13-36,51H,1,4,6-7,12H2,2-3,5H3/b14-9-,23-20-,26-13-,36-21-,42-10+,43-27+,50-48?. The van der Waals surface area contributed by atoms with Crippen molar-refractivity contribution in [2.24, 2.45) is 4.99 Å². The first-order chi connectivity index (χ1) is 25.9. The lowest BCUT2D eigenvalue weighted by atomic mass is 9.97. The summed E-state index contributed by atoms with van der Waals surface area (Å²) in [6.45, 7) is 24.0. The molecule has 0 unspecified atom stereocenters. The van der Waals surface area contributed by atoms with E-state index >= 15 is 0 Å². The molecule has 1 aliphatic heterocycles. The van der Waals surface area contributed by atoms with Crippen LogP contribution in [0.2, 0.25) is 0 Å². The zero-order valence-electron chi connectivity index (χ0n) is 31.0. The van der Waals surface area contributed by atoms with Crippen LogP contribution in [-0.4, -0.2) is 12.3 Å². The Morgan fingerprint density at radius 3 is 2.19 bits per heavy atom. The van der Waals surface area contributed by atoms with E-state index in [4.69, 9.17) is 4.99 Å². The van der Waals surface area contributed by atoms with Crippen LogP contribution in [0.25, 0.3) is 11.1 Å². The second kappa shape index (κ2) is 18.5. The van der Waals surface area contributed by atoms with Crippen molar-refractivity contribution in [3.8, 4) is 11.1 Å². The highest BCUT2D eigenvalue weighted by Crippen LogP contribution is 2.47. The number of anilines is 4. The number of fused-ring (bicyclic) bond motifs is 1.